The maximum atomic E-state index is 13.2. The van der Waals surface area contributed by atoms with Gasteiger partial charge in [-0.3, -0.25) is 5.41 Å². The number of amides is 1. The van der Waals surface area contributed by atoms with E-state index in [0.29, 0.717) is 40.4 Å². The fourth-order valence-electron chi connectivity index (χ4n) is 3.76. The van der Waals surface area contributed by atoms with E-state index in [4.69, 9.17) is 27.5 Å². The van der Waals surface area contributed by atoms with E-state index in [2.05, 4.69) is 5.32 Å². The van der Waals surface area contributed by atoms with Gasteiger partial charge in [0.15, 0.2) is 0 Å². The molecule has 0 fully saturated rings. The van der Waals surface area contributed by atoms with Crippen molar-refractivity contribution in [1.29, 1.82) is 5.41 Å². The summed E-state index contributed by atoms with van der Waals surface area (Å²) in [6, 6.07) is 20.4. The lowest BCUT2D eigenvalue weighted by molar-refractivity contribution is 0.130. The van der Waals surface area contributed by atoms with Crippen LogP contribution < -0.4 is 15.2 Å². The van der Waals surface area contributed by atoms with Crippen molar-refractivity contribution in [2.45, 2.75) is 51.1 Å². The molecule has 1 atom stereocenters. The third-order valence-electron chi connectivity index (χ3n) is 6.08. The molecule has 8 nitrogen and oxygen atoms in total. The molecule has 3 aromatic rings. The molecule has 1 amide bonds. The number of carbonyl (C=O) groups is 1. The standard InChI is InChI=1S/C28H32N4O4S2/c1-4-19(3)32(18-20-9-8-10-22(17-20)27(29)31-26(37)5-2)28(33)36-23-15-13-21(14-16-23)24-11-6-7-12-25(24)38(30,34)35/h6-17,19H,4-5,18H2,1-3H3,(H2,29,31,37)(H2,30,34,35). The number of thiocarbonyl (C=S) groups is 1. The fraction of sp³-hybridized carbons (Fsp3) is 0.250. The van der Waals surface area contributed by atoms with Crippen LogP contribution in [-0.4, -0.2) is 36.3 Å². The minimum atomic E-state index is -3.90. The average molecular weight is 553 g/mol. The maximum Gasteiger partial charge on any atom is 0.415 e. The van der Waals surface area contributed by atoms with Gasteiger partial charge in [-0.15, -0.1) is 0 Å². The molecule has 0 saturated heterocycles. The molecule has 0 heterocycles. The van der Waals surface area contributed by atoms with Gasteiger partial charge in [0.2, 0.25) is 10.0 Å². The van der Waals surface area contributed by atoms with Crippen molar-refractivity contribution in [1.82, 2.24) is 10.2 Å². The second-order valence-corrected chi connectivity index (χ2v) is 10.8. The highest BCUT2D eigenvalue weighted by Gasteiger charge is 2.22. The van der Waals surface area contributed by atoms with E-state index in [-0.39, 0.29) is 16.8 Å². The summed E-state index contributed by atoms with van der Waals surface area (Å²) in [5, 5.41) is 16.6. The van der Waals surface area contributed by atoms with E-state index in [1.807, 2.05) is 45.0 Å². The van der Waals surface area contributed by atoms with Crippen LogP contribution in [-0.2, 0) is 16.6 Å². The topological polar surface area (TPSA) is 126 Å². The van der Waals surface area contributed by atoms with Crippen molar-refractivity contribution < 1.29 is 17.9 Å². The lowest BCUT2D eigenvalue weighted by Crippen LogP contribution is -2.39. The number of benzene rings is 3. The number of hydrogen-bond acceptors (Lipinski definition) is 6. The molecule has 0 saturated carbocycles. The van der Waals surface area contributed by atoms with E-state index >= 15 is 0 Å². The van der Waals surface area contributed by atoms with Crippen LogP contribution in [0.3, 0.4) is 0 Å². The number of amidine groups is 1. The molecular weight excluding hydrogens is 520 g/mol. The van der Waals surface area contributed by atoms with Gasteiger partial charge in [0.1, 0.15) is 11.6 Å². The van der Waals surface area contributed by atoms with E-state index < -0.39 is 16.1 Å². The third kappa shape index (κ3) is 7.47. The van der Waals surface area contributed by atoms with Crippen molar-refractivity contribution in [3.05, 3.63) is 83.9 Å². The molecule has 3 rings (SSSR count). The molecule has 3 aromatic carbocycles. The zero-order chi connectivity index (χ0) is 27.9. The first-order chi connectivity index (χ1) is 18.0. The minimum absolute atomic E-state index is 0.0229. The molecule has 0 aliphatic rings. The third-order valence-corrected chi connectivity index (χ3v) is 7.44. The molecule has 0 spiro atoms. The van der Waals surface area contributed by atoms with Crippen molar-refractivity contribution in [2.24, 2.45) is 5.14 Å². The Hall–Kier alpha value is -3.60. The van der Waals surface area contributed by atoms with Gasteiger partial charge in [0.05, 0.1) is 9.88 Å². The van der Waals surface area contributed by atoms with Crippen LogP contribution in [0.15, 0.2) is 77.7 Å². The number of ether oxygens (including phenoxy) is 1. The van der Waals surface area contributed by atoms with Crippen LogP contribution in [0.4, 0.5) is 4.79 Å². The normalized spacial score (nSPS) is 11.9. The molecule has 0 aromatic heterocycles. The van der Waals surface area contributed by atoms with Gasteiger partial charge in [-0.2, -0.15) is 0 Å². The Morgan fingerprint density at radius 3 is 2.39 bits per heavy atom. The highest BCUT2D eigenvalue weighted by atomic mass is 32.2. The summed E-state index contributed by atoms with van der Waals surface area (Å²) < 4.78 is 29.6. The van der Waals surface area contributed by atoms with Crippen LogP contribution in [0, 0.1) is 5.41 Å². The second-order valence-electron chi connectivity index (χ2n) is 8.80. The van der Waals surface area contributed by atoms with Gasteiger partial charge in [0.25, 0.3) is 0 Å². The minimum Gasteiger partial charge on any atom is -0.410 e. The quantitative estimate of drug-likeness (QED) is 0.184. The Labute approximate surface area is 229 Å². The molecule has 1 unspecified atom stereocenters. The average Bonchev–Trinajstić information content (AvgIpc) is 2.91. The van der Waals surface area contributed by atoms with Crippen molar-refractivity contribution in [3.63, 3.8) is 0 Å². The number of primary sulfonamides is 1. The molecule has 0 bridgehead atoms. The van der Waals surface area contributed by atoms with Gasteiger partial charge < -0.3 is 15.0 Å². The van der Waals surface area contributed by atoms with Gasteiger partial charge in [-0.1, -0.05) is 74.6 Å². The second kappa shape index (κ2) is 12.8. The van der Waals surface area contributed by atoms with Crippen LogP contribution >= 0.6 is 12.2 Å². The molecule has 0 radical (unpaired) electrons. The van der Waals surface area contributed by atoms with Crippen molar-refractivity contribution in [2.75, 3.05) is 0 Å². The molecule has 10 heteroatoms. The maximum absolute atomic E-state index is 13.2. The Morgan fingerprint density at radius 2 is 1.76 bits per heavy atom. The molecule has 200 valence electrons. The Bertz CT molecular complexity index is 1420. The molecular formula is C28H32N4O4S2. The summed E-state index contributed by atoms with van der Waals surface area (Å²) in [5.41, 5.74) is 2.62. The van der Waals surface area contributed by atoms with E-state index in [9.17, 15) is 13.2 Å². The Kier molecular flexibility index (Phi) is 9.73. The van der Waals surface area contributed by atoms with E-state index in [1.54, 1.807) is 47.4 Å². The van der Waals surface area contributed by atoms with Crippen molar-refractivity contribution in [3.8, 4) is 16.9 Å². The molecule has 38 heavy (non-hydrogen) atoms. The summed E-state index contributed by atoms with van der Waals surface area (Å²) in [4.78, 5) is 15.4. The van der Waals surface area contributed by atoms with E-state index in [0.717, 1.165) is 12.0 Å². The number of nitrogens with two attached hydrogens (primary N) is 1. The number of nitrogens with one attached hydrogen (secondary N) is 2. The van der Waals surface area contributed by atoms with Crippen molar-refractivity contribution >= 4 is 39.2 Å². The van der Waals surface area contributed by atoms with Gasteiger partial charge >= 0.3 is 6.09 Å². The summed E-state index contributed by atoms with van der Waals surface area (Å²) in [6.07, 6.45) is 0.855. The monoisotopic (exact) mass is 552 g/mol. The number of hydrogen-bond donors (Lipinski definition) is 3. The highest BCUT2D eigenvalue weighted by molar-refractivity contribution is 7.89. The van der Waals surface area contributed by atoms with Gasteiger partial charge in [0, 0.05) is 23.7 Å². The zero-order valence-corrected chi connectivity index (χ0v) is 23.2. The number of nitrogens with zero attached hydrogens (tertiary/aromatic N) is 1. The van der Waals surface area contributed by atoms with Gasteiger partial charge in [-0.05, 0) is 55.2 Å². The van der Waals surface area contributed by atoms with Crippen LogP contribution in [0.25, 0.3) is 11.1 Å². The number of rotatable bonds is 9. The zero-order valence-electron chi connectivity index (χ0n) is 21.6. The highest BCUT2D eigenvalue weighted by Crippen LogP contribution is 2.28. The molecule has 0 aliphatic heterocycles. The largest absolute Gasteiger partial charge is 0.415 e. The predicted molar refractivity (Wildman–Crippen MR) is 154 cm³/mol. The lowest BCUT2D eigenvalue weighted by Gasteiger charge is -2.28. The first-order valence-corrected chi connectivity index (χ1v) is 14.2. The summed E-state index contributed by atoms with van der Waals surface area (Å²) in [5.74, 6) is 0.536. The fourth-order valence-corrected chi connectivity index (χ4v) is 4.62. The number of sulfonamides is 1. The molecule has 4 N–H and O–H groups in total. The first kappa shape index (κ1) is 29.0. The Morgan fingerprint density at radius 1 is 1.08 bits per heavy atom. The summed E-state index contributed by atoms with van der Waals surface area (Å²) in [7, 11) is -3.90. The predicted octanol–water partition coefficient (Wildman–Crippen LogP) is 5.45. The SMILES string of the molecule is CCC(=S)NC(=N)c1cccc(CN(C(=O)Oc2ccc(-c3ccccc3S(N)(=O)=O)cc2)C(C)CC)c1. The lowest BCUT2D eigenvalue weighted by atomic mass is 10.1. The van der Waals surface area contributed by atoms with Gasteiger partial charge in [-0.25, -0.2) is 18.4 Å². The Balaban J connectivity index is 1.78. The van der Waals surface area contributed by atoms with E-state index in [1.165, 1.54) is 6.07 Å². The smallest absolute Gasteiger partial charge is 0.410 e. The van der Waals surface area contributed by atoms with Crippen LogP contribution in [0.5, 0.6) is 5.75 Å². The van der Waals surface area contributed by atoms with Crippen LogP contribution in [0.2, 0.25) is 0 Å². The van der Waals surface area contributed by atoms with Crippen LogP contribution in [0.1, 0.15) is 44.7 Å². The molecule has 0 aliphatic carbocycles. The first-order valence-electron chi connectivity index (χ1n) is 12.2. The summed E-state index contributed by atoms with van der Waals surface area (Å²) in [6.45, 7) is 6.16. The number of carbonyl (C=O) groups excluding carboxylic acids is 1. The summed E-state index contributed by atoms with van der Waals surface area (Å²) >= 11 is 5.19.